The summed E-state index contributed by atoms with van der Waals surface area (Å²) < 4.78 is 28.8. The Morgan fingerprint density at radius 2 is 1.56 bits per heavy atom. The molecule has 0 aromatic heterocycles. The van der Waals surface area contributed by atoms with Crippen LogP contribution < -0.4 is 9.62 Å². The number of anilines is 1. The molecule has 0 aliphatic carbocycles. The monoisotopic (exact) mass is 589 g/mol. The van der Waals surface area contributed by atoms with Gasteiger partial charge in [0.05, 0.1) is 10.6 Å². The van der Waals surface area contributed by atoms with E-state index >= 15 is 0 Å². The number of sulfonamides is 1. The van der Waals surface area contributed by atoms with Crippen LogP contribution in [0, 0.1) is 12.8 Å². The van der Waals surface area contributed by atoms with Crippen LogP contribution in [0.2, 0.25) is 10.0 Å². The van der Waals surface area contributed by atoms with Crippen LogP contribution in [0.4, 0.5) is 5.69 Å². The van der Waals surface area contributed by atoms with E-state index in [1.165, 1.54) is 17.0 Å². The maximum atomic E-state index is 14.0. The van der Waals surface area contributed by atoms with Crippen molar-refractivity contribution in [1.29, 1.82) is 0 Å². The van der Waals surface area contributed by atoms with Crippen LogP contribution in [0.1, 0.15) is 31.9 Å². The summed E-state index contributed by atoms with van der Waals surface area (Å²) in [7, 11) is -4.15. The van der Waals surface area contributed by atoms with Gasteiger partial charge in [-0.1, -0.05) is 73.4 Å². The lowest BCUT2D eigenvalue weighted by molar-refractivity contribution is -0.139. The number of amides is 2. The molecule has 0 saturated heterocycles. The molecule has 0 aliphatic heterocycles. The second kappa shape index (κ2) is 13.3. The van der Waals surface area contributed by atoms with Gasteiger partial charge in [0, 0.05) is 23.1 Å². The van der Waals surface area contributed by atoms with Gasteiger partial charge in [-0.3, -0.25) is 13.9 Å². The average molecular weight is 591 g/mol. The summed E-state index contributed by atoms with van der Waals surface area (Å²) in [6.07, 6.45) is 0. The Morgan fingerprint density at radius 1 is 0.923 bits per heavy atom. The number of halogens is 2. The highest BCUT2D eigenvalue weighted by Gasteiger charge is 2.33. The van der Waals surface area contributed by atoms with Gasteiger partial charge >= 0.3 is 0 Å². The van der Waals surface area contributed by atoms with E-state index in [-0.39, 0.29) is 23.3 Å². The molecule has 0 aliphatic rings. The summed E-state index contributed by atoms with van der Waals surface area (Å²) in [4.78, 5) is 28.4. The number of hydrogen-bond donors (Lipinski definition) is 1. The number of nitrogens with zero attached hydrogens (tertiary/aromatic N) is 2. The van der Waals surface area contributed by atoms with E-state index in [0.717, 1.165) is 4.31 Å². The molecular weight excluding hydrogens is 557 g/mol. The van der Waals surface area contributed by atoms with E-state index in [9.17, 15) is 18.0 Å². The van der Waals surface area contributed by atoms with Gasteiger partial charge in [-0.15, -0.1) is 0 Å². The van der Waals surface area contributed by atoms with Crippen molar-refractivity contribution in [1.82, 2.24) is 10.2 Å². The van der Waals surface area contributed by atoms with E-state index in [2.05, 4.69) is 5.32 Å². The first-order valence-electron chi connectivity index (χ1n) is 12.6. The maximum absolute atomic E-state index is 14.0. The number of benzene rings is 3. The molecule has 3 aromatic carbocycles. The fraction of sp³-hybridized carbons (Fsp3) is 0.310. The summed E-state index contributed by atoms with van der Waals surface area (Å²) in [5.41, 5.74) is 1.53. The van der Waals surface area contributed by atoms with E-state index < -0.39 is 28.5 Å². The molecule has 3 rings (SSSR count). The van der Waals surface area contributed by atoms with Crippen molar-refractivity contribution in [3.8, 4) is 0 Å². The van der Waals surface area contributed by atoms with Gasteiger partial charge in [-0.2, -0.15) is 0 Å². The van der Waals surface area contributed by atoms with Crippen LogP contribution in [0.25, 0.3) is 0 Å². The highest BCUT2D eigenvalue weighted by atomic mass is 35.5. The molecule has 208 valence electrons. The van der Waals surface area contributed by atoms with Crippen LogP contribution in [-0.4, -0.2) is 44.3 Å². The molecule has 1 unspecified atom stereocenters. The van der Waals surface area contributed by atoms with Crippen LogP contribution in [0.15, 0.2) is 77.7 Å². The Labute approximate surface area is 240 Å². The minimum Gasteiger partial charge on any atom is -0.354 e. The Kier molecular flexibility index (Phi) is 10.4. The van der Waals surface area contributed by atoms with Gasteiger partial charge in [0.25, 0.3) is 10.0 Å². The number of carbonyl (C=O) groups is 2. The van der Waals surface area contributed by atoms with Gasteiger partial charge in [0.15, 0.2) is 0 Å². The smallest absolute Gasteiger partial charge is 0.264 e. The fourth-order valence-corrected chi connectivity index (χ4v) is 5.90. The van der Waals surface area contributed by atoms with Gasteiger partial charge in [-0.25, -0.2) is 8.42 Å². The molecular formula is C29H33Cl2N3O4S. The SMILES string of the molecule is Cc1cc(Cl)ccc1N(CC(=O)N(Cc1ccccc1Cl)C(C)C(=O)NCC(C)C)S(=O)(=O)c1ccccc1. The predicted octanol–water partition coefficient (Wildman–Crippen LogP) is 5.69. The number of aryl methyl sites for hydroxylation is 1. The summed E-state index contributed by atoms with van der Waals surface area (Å²) in [6, 6.07) is 18.8. The molecule has 0 saturated carbocycles. The molecule has 0 heterocycles. The third-order valence-corrected chi connectivity index (χ3v) is 8.57. The van der Waals surface area contributed by atoms with E-state index in [4.69, 9.17) is 23.2 Å². The predicted molar refractivity (Wildman–Crippen MR) is 156 cm³/mol. The second-order valence-corrected chi connectivity index (χ2v) is 12.4. The van der Waals surface area contributed by atoms with Gasteiger partial charge in [0.1, 0.15) is 12.6 Å². The first-order valence-corrected chi connectivity index (χ1v) is 14.8. The fourth-order valence-electron chi connectivity index (χ4n) is 3.98. The van der Waals surface area contributed by atoms with Crippen LogP contribution in [-0.2, 0) is 26.2 Å². The molecule has 0 spiro atoms. The second-order valence-electron chi connectivity index (χ2n) is 9.68. The largest absolute Gasteiger partial charge is 0.354 e. The third kappa shape index (κ3) is 7.75. The van der Waals surface area contributed by atoms with Crippen LogP contribution in [0.3, 0.4) is 0 Å². The summed E-state index contributed by atoms with van der Waals surface area (Å²) in [6.45, 7) is 7.21. The van der Waals surface area contributed by atoms with Crippen molar-refractivity contribution in [2.75, 3.05) is 17.4 Å². The van der Waals surface area contributed by atoms with Crippen molar-refractivity contribution in [2.45, 2.75) is 45.2 Å². The zero-order valence-corrected chi connectivity index (χ0v) is 24.7. The maximum Gasteiger partial charge on any atom is 0.264 e. The van der Waals surface area contributed by atoms with Crippen LogP contribution in [0.5, 0.6) is 0 Å². The molecule has 0 bridgehead atoms. The lowest BCUT2D eigenvalue weighted by Crippen LogP contribution is -2.51. The topological polar surface area (TPSA) is 86.8 Å². The number of rotatable bonds is 11. The summed E-state index contributed by atoms with van der Waals surface area (Å²) in [5.74, 6) is -0.687. The normalized spacial score (nSPS) is 12.2. The van der Waals surface area contributed by atoms with Gasteiger partial charge < -0.3 is 10.2 Å². The Hall–Kier alpha value is -3.07. The van der Waals surface area contributed by atoms with Crippen molar-refractivity contribution in [3.05, 3.63) is 94.0 Å². The molecule has 39 heavy (non-hydrogen) atoms. The number of hydrogen-bond acceptors (Lipinski definition) is 4. The van der Waals surface area contributed by atoms with Crippen molar-refractivity contribution < 1.29 is 18.0 Å². The van der Waals surface area contributed by atoms with Crippen molar-refractivity contribution >= 4 is 50.7 Å². The first-order chi connectivity index (χ1) is 18.4. The average Bonchev–Trinajstić information content (AvgIpc) is 2.90. The molecule has 0 radical (unpaired) electrons. The lowest BCUT2D eigenvalue weighted by Gasteiger charge is -2.32. The highest BCUT2D eigenvalue weighted by Crippen LogP contribution is 2.29. The minimum atomic E-state index is -4.15. The lowest BCUT2D eigenvalue weighted by atomic mass is 10.1. The summed E-state index contributed by atoms with van der Waals surface area (Å²) >= 11 is 12.5. The third-order valence-electron chi connectivity index (χ3n) is 6.19. The van der Waals surface area contributed by atoms with E-state index in [1.807, 2.05) is 13.8 Å². The van der Waals surface area contributed by atoms with Crippen LogP contribution >= 0.6 is 23.2 Å². The Balaban J connectivity index is 2.04. The molecule has 2 amide bonds. The Bertz CT molecular complexity index is 1420. The quantitative estimate of drug-likeness (QED) is 0.311. The first kappa shape index (κ1) is 30.5. The standard InChI is InChI=1S/C29H33Cl2N3O4S/c1-20(2)17-32-29(36)22(4)33(18-23-10-8-9-13-26(23)31)28(35)19-34(27-15-14-24(30)16-21(27)3)39(37,38)25-11-6-5-7-12-25/h5-16,20,22H,17-19H2,1-4H3,(H,32,36). The molecule has 7 nitrogen and oxygen atoms in total. The molecule has 1 atom stereocenters. The van der Waals surface area contributed by atoms with E-state index in [0.29, 0.717) is 33.4 Å². The van der Waals surface area contributed by atoms with E-state index in [1.54, 1.807) is 74.5 Å². The van der Waals surface area contributed by atoms with Gasteiger partial charge in [-0.05, 0) is 67.3 Å². The Morgan fingerprint density at radius 3 is 2.18 bits per heavy atom. The minimum absolute atomic E-state index is 0.0214. The van der Waals surface area contributed by atoms with Crippen molar-refractivity contribution in [2.24, 2.45) is 5.92 Å². The molecule has 1 N–H and O–H groups in total. The number of nitrogens with one attached hydrogen (secondary N) is 1. The highest BCUT2D eigenvalue weighted by molar-refractivity contribution is 7.92. The summed E-state index contributed by atoms with van der Waals surface area (Å²) in [5, 5.41) is 3.74. The molecule has 3 aromatic rings. The zero-order valence-electron chi connectivity index (χ0n) is 22.4. The zero-order chi connectivity index (χ0) is 28.7. The van der Waals surface area contributed by atoms with Crippen molar-refractivity contribution in [3.63, 3.8) is 0 Å². The van der Waals surface area contributed by atoms with Gasteiger partial charge in [0.2, 0.25) is 11.8 Å². The molecule has 0 fully saturated rings. The molecule has 10 heteroatoms. The number of carbonyl (C=O) groups excluding carboxylic acids is 2.